The molecule has 2 aromatic rings. The first kappa shape index (κ1) is 9.27. The minimum atomic E-state index is 0.593. The molecule has 1 aromatic carbocycles. The molecule has 0 amide bonds. The number of nitrogen functional groups attached to an aromatic ring is 1. The van der Waals surface area contributed by atoms with E-state index in [9.17, 15) is 0 Å². The van der Waals surface area contributed by atoms with Gasteiger partial charge in [0.1, 0.15) is 11.3 Å². The van der Waals surface area contributed by atoms with Crippen molar-refractivity contribution in [2.24, 2.45) is 0 Å². The first-order valence-electron chi connectivity index (χ1n) is 4.50. The zero-order valence-electron chi connectivity index (χ0n) is 8.20. The fourth-order valence-corrected chi connectivity index (χ4v) is 2.22. The predicted molar refractivity (Wildman–Crippen MR) is 59.9 cm³/mol. The van der Waals surface area contributed by atoms with Crippen molar-refractivity contribution in [1.29, 1.82) is 0 Å². The predicted octanol–water partition coefficient (Wildman–Crippen LogP) is 2.59. The van der Waals surface area contributed by atoms with Gasteiger partial charge in [-0.1, -0.05) is 17.4 Å². The normalized spacial score (nSPS) is 10.7. The van der Waals surface area contributed by atoms with Crippen molar-refractivity contribution in [3.05, 3.63) is 17.7 Å². The van der Waals surface area contributed by atoms with Gasteiger partial charge in [0.25, 0.3) is 0 Å². The van der Waals surface area contributed by atoms with Crippen LogP contribution in [0.1, 0.15) is 12.5 Å². The fourth-order valence-electron chi connectivity index (χ4n) is 1.40. The highest BCUT2D eigenvalue weighted by molar-refractivity contribution is 7.22. The molecular formula is C10H12N2OS. The first-order valence-corrected chi connectivity index (χ1v) is 5.32. The van der Waals surface area contributed by atoms with E-state index in [2.05, 4.69) is 11.9 Å². The van der Waals surface area contributed by atoms with E-state index in [0.29, 0.717) is 11.7 Å². The number of nitrogens with zero attached hydrogens (tertiary/aromatic N) is 1. The van der Waals surface area contributed by atoms with Gasteiger partial charge >= 0.3 is 0 Å². The second-order valence-electron chi connectivity index (χ2n) is 3.04. The number of anilines is 1. The molecule has 0 bridgehead atoms. The zero-order valence-corrected chi connectivity index (χ0v) is 9.02. The highest BCUT2D eigenvalue weighted by Gasteiger charge is 2.09. The summed E-state index contributed by atoms with van der Waals surface area (Å²) in [5.74, 6) is 0.820. The van der Waals surface area contributed by atoms with Crippen LogP contribution in [0.4, 0.5) is 5.13 Å². The number of benzene rings is 1. The summed E-state index contributed by atoms with van der Waals surface area (Å²) in [6.07, 6.45) is 0. The lowest BCUT2D eigenvalue weighted by atomic mass is 10.2. The summed E-state index contributed by atoms with van der Waals surface area (Å²) in [4.78, 5) is 4.26. The second kappa shape index (κ2) is 3.46. The van der Waals surface area contributed by atoms with Gasteiger partial charge in [-0.15, -0.1) is 0 Å². The summed E-state index contributed by atoms with van der Waals surface area (Å²) in [5, 5.41) is 0.593. The van der Waals surface area contributed by atoms with Crippen molar-refractivity contribution >= 4 is 26.7 Å². The highest BCUT2D eigenvalue weighted by Crippen LogP contribution is 2.33. The van der Waals surface area contributed by atoms with Gasteiger partial charge in [-0.25, -0.2) is 4.98 Å². The molecule has 0 saturated carbocycles. The SMILES string of the molecule is CCOc1ccc(C)c2sc(N)nc12. The summed E-state index contributed by atoms with van der Waals surface area (Å²) in [6, 6.07) is 3.98. The van der Waals surface area contributed by atoms with Gasteiger partial charge in [0.05, 0.1) is 11.3 Å². The molecule has 0 unspecified atom stereocenters. The molecule has 0 aliphatic heterocycles. The van der Waals surface area contributed by atoms with Crippen LogP contribution in [0.15, 0.2) is 12.1 Å². The highest BCUT2D eigenvalue weighted by atomic mass is 32.1. The minimum Gasteiger partial charge on any atom is -0.492 e. The van der Waals surface area contributed by atoms with Gasteiger partial charge in [0.15, 0.2) is 5.13 Å². The minimum absolute atomic E-state index is 0.593. The standard InChI is InChI=1S/C10H12N2OS/c1-3-13-7-5-4-6(2)9-8(7)12-10(11)14-9/h4-5H,3H2,1-2H3,(H2,11,12). The molecule has 2 N–H and O–H groups in total. The van der Waals surface area contributed by atoms with E-state index in [0.717, 1.165) is 16.0 Å². The maximum absolute atomic E-state index is 5.68. The molecule has 1 aromatic heterocycles. The molecular weight excluding hydrogens is 196 g/mol. The molecule has 0 saturated heterocycles. The zero-order chi connectivity index (χ0) is 10.1. The van der Waals surface area contributed by atoms with E-state index in [1.54, 1.807) is 0 Å². The number of hydrogen-bond acceptors (Lipinski definition) is 4. The molecule has 0 radical (unpaired) electrons. The molecule has 3 nitrogen and oxygen atoms in total. The molecule has 0 atom stereocenters. The van der Waals surface area contributed by atoms with Crippen molar-refractivity contribution in [2.75, 3.05) is 12.3 Å². The van der Waals surface area contributed by atoms with E-state index in [-0.39, 0.29) is 0 Å². The Bertz CT molecular complexity index is 464. The van der Waals surface area contributed by atoms with Crippen LogP contribution in [0.2, 0.25) is 0 Å². The van der Waals surface area contributed by atoms with Gasteiger partial charge in [0.2, 0.25) is 0 Å². The Morgan fingerprint density at radius 1 is 1.50 bits per heavy atom. The quantitative estimate of drug-likeness (QED) is 0.825. The Balaban J connectivity index is 2.68. The maximum Gasteiger partial charge on any atom is 0.181 e. The summed E-state index contributed by atoms with van der Waals surface area (Å²) in [5.41, 5.74) is 7.75. The third-order valence-electron chi connectivity index (χ3n) is 2.02. The molecule has 1 heterocycles. The monoisotopic (exact) mass is 208 g/mol. The number of ether oxygens (including phenoxy) is 1. The molecule has 2 rings (SSSR count). The largest absolute Gasteiger partial charge is 0.492 e. The Morgan fingerprint density at radius 3 is 3.00 bits per heavy atom. The lowest BCUT2D eigenvalue weighted by Crippen LogP contribution is -1.92. The van der Waals surface area contributed by atoms with Crippen LogP contribution < -0.4 is 10.5 Å². The van der Waals surface area contributed by atoms with Crippen molar-refractivity contribution < 1.29 is 4.74 Å². The maximum atomic E-state index is 5.68. The number of aryl methyl sites for hydroxylation is 1. The lowest BCUT2D eigenvalue weighted by molar-refractivity contribution is 0.343. The van der Waals surface area contributed by atoms with Gasteiger partial charge in [-0.2, -0.15) is 0 Å². The Labute approximate surface area is 86.5 Å². The van der Waals surface area contributed by atoms with Crippen LogP contribution in [0.25, 0.3) is 10.2 Å². The average molecular weight is 208 g/mol. The van der Waals surface area contributed by atoms with E-state index < -0.39 is 0 Å². The number of thiazole rings is 1. The number of rotatable bonds is 2. The second-order valence-corrected chi connectivity index (χ2v) is 4.07. The van der Waals surface area contributed by atoms with E-state index in [4.69, 9.17) is 10.5 Å². The van der Waals surface area contributed by atoms with Crippen LogP contribution in [-0.4, -0.2) is 11.6 Å². The number of nitrogens with two attached hydrogens (primary N) is 1. The first-order chi connectivity index (χ1) is 6.72. The van der Waals surface area contributed by atoms with E-state index in [1.807, 2.05) is 19.1 Å². The fraction of sp³-hybridized carbons (Fsp3) is 0.300. The van der Waals surface area contributed by atoms with Crippen molar-refractivity contribution in [1.82, 2.24) is 4.98 Å². The Morgan fingerprint density at radius 2 is 2.29 bits per heavy atom. The van der Waals surface area contributed by atoms with Gasteiger partial charge in [-0.05, 0) is 25.5 Å². The molecule has 0 fully saturated rings. The molecule has 74 valence electrons. The summed E-state index contributed by atoms with van der Waals surface area (Å²) < 4.78 is 6.60. The van der Waals surface area contributed by atoms with Crippen molar-refractivity contribution in [2.45, 2.75) is 13.8 Å². The van der Waals surface area contributed by atoms with Gasteiger partial charge in [-0.3, -0.25) is 0 Å². The van der Waals surface area contributed by atoms with Crippen molar-refractivity contribution in [3.63, 3.8) is 0 Å². The van der Waals surface area contributed by atoms with Crippen LogP contribution >= 0.6 is 11.3 Å². The smallest absolute Gasteiger partial charge is 0.181 e. The molecule has 0 aliphatic carbocycles. The lowest BCUT2D eigenvalue weighted by Gasteiger charge is -2.04. The van der Waals surface area contributed by atoms with Crippen LogP contribution in [0, 0.1) is 6.92 Å². The molecule has 4 heteroatoms. The van der Waals surface area contributed by atoms with E-state index in [1.165, 1.54) is 16.9 Å². The summed E-state index contributed by atoms with van der Waals surface area (Å²) in [6.45, 7) is 4.66. The number of fused-ring (bicyclic) bond motifs is 1. The Hall–Kier alpha value is -1.29. The van der Waals surface area contributed by atoms with Crippen LogP contribution in [-0.2, 0) is 0 Å². The van der Waals surface area contributed by atoms with Crippen LogP contribution in [0.3, 0.4) is 0 Å². The Kier molecular flexibility index (Phi) is 2.29. The molecule has 0 spiro atoms. The number of hydrogen-bond donors (Lipinski definition) is 1. The third kappa shape index (κ3) is 1.42. The third-order valence-corrected chi connectivity index (χ3v) is 3.04. The van der Waals surface area contributed by atoms with Gasteiger partial charge < -0.3 is 10.5 Å². The molecule has 14 heavy (non-hydrogen) atoms. The number of aromatic nitrogens is 1. The van der Waals surface area contributed by atoms with E-state index >= 15 is 0 Å². The topological polar surface area (TPSA) is 48.1 Å². The summed E-state index contributed by atoms with van der Waals surface area (Å²) >= 11 is 1.51. The van der Waals surface area contributed by atoms with Crippen molar-refractivity contribution in [3.8, 4) is 5.75 Å². The van der Waals surface area contributed by atoms with Crippen LogP contribution in [0.5, 0.6) is 5.75 Å². The summed E-state index contributed by atoms with van der Waals surface area (Å²) in [7, 11) is 0. The molecule has 0 aliphatic rings. The average Bonchev–Trinajstić information content (AvgIpc) is 2.53. The van der Waals surface area contributed by atoms with Gasteiger partial charge in [0, 0.05) is 0 Å².